The summed E-state index contributed by atoms with van der Waals surface area (Å²) in [5.41, 5.74) is -0.785. The Morgan fingerprint density at radius 1 is 1.32 bits per heavy atom. The summed E-state index contributed by atoms with van der Waals surface area (Å²) < 4.78 is 56.6. The van der Waals surface area contributed by atoms with Gasteiger partial charge in [-0.25, -0.2) is 10.3 Å². The molecule has 1 fully saturated rings. The van der Waals surface area contributed by atoms with Gasteiger partial charge in [0.15, 0.2) is 0 Å². The van der Waals surface area contributed by atoms with Crippen LogP contribution in [-0.4, -0.2) is 40.1 Å². The molecule has 1 aliphatic heterocycles. The van der Waals surface area contributed by atoms with Crippen molar-refractivity contribution in [3.63, 3.8) is 0 Å². The van der Waals surface area contributed by atoms with Gasteiger partial charge in [-0.3, -0.25) is 19.2 Å². The van der Waals surface area contributed by atoms with Crippen molar-refractivity contribution in [3.8, 4) is 12.3 Å². The summed E-state index contributed by atoms with van der Waals surface area (Å²) >= 11 is 5.04. The minimum Gasteiger partial charge on any atom is -0.467 e. The number of nitrogens with zero attached hydrogens (tertiary/aromatic N) is 1. The van der Waals surface area contributed by atoms with Crippen molar-refractivity contribution in [2.45, 2.75) is 37.6 Å². The van der Waals surface area contributed by atoms with E-state index in [1.165, 1.54) is 0 Å². The maximum atomic E-state index is 13.1. The predicted molar refractivity (Wildman–Crippen MR) is 116 cm³/mol. The maximum Gasteiger partial charge on any atom is 0.423 e. The second-order valence-corrected chi connectivity index (χ2v) is 7.47. The fraction of sp³-hybridized carbons (Fsp3) is 0.381. The highest BCUT2D eigenvalue weighted by Crippen LogP contribution is 2.32. The van der Waals surface area contributed by atoms with Crippen LogP contribution < -0.4 is 16.7 Å². The maximum absolute atomic E-state index is 13.1. The summed E-state index contributed by atoms with van der Waals surface area (Å²) in [5, 5.41) is -0.112. The molecule has 1 aromatic heterocycles. The molecule has 0 spiro atoms. The third-order valence-electron chi connectivity index (χ3n) is 4.76. The van der Waals surface area contributed by atoms with E-state index in [1.807, 2.05) is 30.3 Å². The Kier molecular flexibility index (Phi) is 8.46. The topological polar surface area (TPSA) is 104 Å². The van der Waals surface area contributed by atoms with Crippen LogP contribution in [0.4, 0.5) is 13.2 Å². The molecule has 0 amide bonds. The summed E-state index contributed by atoms with van der Waals surface area (Å²) in [6.07, 6.45) is -2.07. The van der Waals surface area contributed by atoms with Gasteiger partial charge in [0.1, 0.15) is 31.1 Å². The van der Waals surface area contributed by atoms with E-state index in [0.29, 0.717) is 10.8 Å². The van der Waals surface area contributed by atoms with Gasteiger partial charge in [0.2, 0.25) is 0 Å². The molecular formula is C21H20F3N3O6S. The number of terminal acetylenes is 1. The van der Waals surface area contributed by atoms with E-state index in [9.17, 15) is 22.8 Å². The van der Waals surface area contributed by atoms with E-state index in [-0.39, 0.29) is 31.4 Å². The Morgan fingerprint density at radius 2 is 2.06 bits per heavy atom. The molecule has 0 bridgehead atoms. The van der Waals surface area contributed by atoms with Crippen LogP contribution in [-0.2, 0) is 31.8 Å². The highest BCUT2D eigenvalue weighted by Gasteiger charge is 2.40. The number of halogens is 3. The second kappa shape index (κ2) is 11.3. The summed E-state index contributed by atoms with van der Waals surface area (Å²) in [5.74, 6) is 2.28. The quantitative estimate of drug-likeness (QED) is 0.323. The lowest BCUT2D eigenvalue weighted by molar-refractivity contribution is -0.139. The number of benzene rings is 1. The number of hydrogen-bond donors (Lipinski definition) is 2. The summed E-state index contributed by atoms with van der Waals surface area (Å²) in [7, 11) is 0. The Morgan fingerprint density at radius 3 is 2.74 bits per heavy atom. The molecule has 2 heterocycles. The van der Waals surface area contributed by atoms with Gasteiger partial charge in [0.25, 0.3) is 10.7 Å². The zero-order valence-electron chi connectivity index (χ0n) is 17.5. The number of nitrogens with one attached hydrogen (secondary N) is 2. The Hall–Kier alpha value is -3.18. The van der Waals surface area contributed by atoms with Gasteiger partial charge < -0.3 is 14.2 Å². The molecule has 0 saturated carbocycles. The van der Waals surface area contributed by atoms with Crippen molar-refractivity contribution in [2.75, 3.05) is 13.2 Å². The molecule has 1 aromatic carbocycles. The minimum absolute atomic E-state index is 0.0242. The van der Waals surface area contributed by atoms with Crippen LogP contribution in [0.3, 0.4) is 0 Å². The smallest absolute Gasteiger partial charge is 0.423 e. The number of H-pyrrole nitrogens is 1. The predicted octanol–water partition coefficient (Wildman–Crippen LogP) is 1.88. The molecule has 0 radical (unpaired) electrons. The molecule has 182 valence electrons. The first-order chi connectivity index (χ1) is 16.2. The SMILES string of the molecule is C#CCO[C@H]1C[C@H](n2cc(C(F)(F)F)c(=O)[nH]c2=O)O[C@@H]1COC(=S)NOCc1ccccc1. The van der Waals surface area contributed by atoms with E-state index >= 15 is 0 Å². The number of thiocarbonyl (C=S) groups is 1. The van der Waals surface area contributed by atoms with Crippen LogP contribution >= 0.6 is 12.2 Å². The molecule has 9 nitrogen and oxygen atoms in total. The zero-order chi connectivity index (χ0) is 24.7. The van der Waals surface area contributed by atoms with Gasteiger partial charge in [-0.15, -0.1) is 6.42 Å². The Bertz CT molecular complexity index is 1150. The summed E-state index contributed by atoms with van der Waals surface area (Å²) in [6, 6.07) is 9.28. The largest absolute Gasteiger partial charge is 0.467 e. The normalized spacial score (nSPS) is 20.0. The number of hydrogen-bond acceptors (Lipinski definition) is 7. The second-order valence-electron chi connectivity index (χ2n) is 7.10. The minimum atomic E-state index is -4.96. The average molecular weight is 499 g/mol. The van der Waals surface area contributed by atoms with E-state index in [0.717, 1.165) is 5.56 Å². The van der Waals surface area contributed by atoms with E-state index in [1.54, 1.807) is 4.98 Å². The molecule has 0 aliphatic carbocycles. The number of rotatable bonds is 8. The van der Waals surface area contributed by atoms with Gasteiger partial charge in [-0.2, -0.15) is 13.2 Å². The molecular weight excluding hydrogens is 479 g/mol. The van der Waals surface area contributed by atoms with E-state index < -0.39 is 41.4 Å². The van der Waals surface area contributed by atoms with E-state index in [2.05, 4.69) is 11.4 Å². The molecule has 3 atom stereocenters. The molecule has 0 unspecified atom stereocenters. The summed E-state index contributed by atoms with van der Waals surface area (Å²) in [4.78, 5) is 30.6. The lowest BCUT2D eigenvalue weighted by Gasteiger charge is -2.19. The van der Waals surface area contributed by atoms with Crippen molar-refractivity contribution in [2.24, 2.45) is 0 Å². The summed E-state index contributed by atoms with van der Waals surface area (Å²) in [6.45, 7) is -0.0537. The van der Waals surface area contributed by atoms with Crippen molar-refractivity contribution >= 4 is 17.4 Å². The Labute approximate surface area is 196 Å². The van der Waals surface area contributed by atoms with Crippen LogP contribution in [0.5, 0.6) is 0 Å². The fourth-order valence-electron chi connectivity index (χ4n) is 3.19. The molecule has 2 N–H and O–H groups in total. The first kappa shape index (κ1) is 25.4. The fourth-order valence-corrected chi connectivity index (χ4v) is 3.32. The van der Waals surface area contributed by atoms with Crippen LogP contribution in [0.15, 0.2) is 46.1 Å². The number of alkyl halides is 3. The van der Waals surface area contributed by atoms with Crippen LogP contribution in [0, 0.1) is 12.3 Å². The molecule has 3 rings (SSSR count). The van der Waals surface area contributed by atoms with Crippen molar-refractivity contribution in [1.82, 2.24) is 15.0 Å². The van der Waals surface area contributed by atoms with Gasteiger partial charge in [0, 0.05) is 12.6 Å². The van der Waals surface area contributed by atoms with Crippen LogP contribution in [0.25, 0.3) is 0 Å². The van der Waals surface area contributed by atoms with Crippen molar-refractivity contribution < 1.29 is 32.2 Å². The lowest BCUT2D eigenvalue weighted by atomic mass is 10.2. The highest BCUT2D eigenvalue weighted by molar-refractivity contribution is 7.80. The lowest BCUT2D eigenvalue weighted by Crippen LogP contribution is -2.36. The number of aromatic nitrogens is 2. The van der Waals surface area contributed by atoms with Crippen molar-refractivity contribution in [1.29, 1.82) is 0 Å². The molecule has 1 aliphatic rings. The number of hydroxylamine groups is 1. The average Bonchev–Trinajstić information content (AvgIpc) is 3.18. The monoisotopic (exact) mass is 499 g/mol. The zero-order valence-corrected chi connectivity index (χ0v) is 18.4. The van der Waals surface area contributed by atoms with Gasteiger partial charge in [0.05, 0.1) is 12.7 Å². The number of aromatic amines is 1. The van der Waals surface area contributed by atoms with Gasteiger partial charge >= 0.3 is 11.9 Å². The molecule has 34 heavy (non-hydrogen) atoms. The van der Waals surface area contributed by atoms with Gasteiger partial charge in [-0.05, 0) is 17.8 Å². The van der Waals surface area contributed by atoms with Crippen molar-refractivity contribution in [3.05, 3.63) is 68.5 Å². The molecule has 1 saturated heterocycles. The Balaban J connectivity index is 1.63. The van der Waals surface area contributed by atoms with Crippen LogP contribution in [0.1, 0.15) is 23.8 Å². The third kappa shape index (κ3) is 6.67. The van der Waals surface area contributed by atoms with E-state index in [4.69, 9.17) is 37.7 Å². The number of ether oxygens (including phenoxy) is 3. The first-order valence-electron chi connectivity index (χ1n) is 9.90. The van der Waals surface area contributed by atoms with Gasteiger partial charge in [-0.1, -0.05) is 36.3 Å². The standard InChI is InChI=1S/C21H20F3N3O6S/c1-2-8-30-15-9-17(27-10-14(21(22,23)24)18(28)25-19(27)29)33-16(15)12-31-20(34)26-32-11-13-6-4-3-5-7-13/h1,3-7,10,15-17H,8-9,11-12H2,(H,26,34)(H,25,28,29)/t15-,16+,17+/m0/s1. The van der Waals surface area contributed by atoms with Crippen LogP contribution in [0.2, 0.25) is 0 Å². The molecule has 2 aromatic rings. The first-order valence-corrected chi connectivity index (χ1v) is 10.3. The highest BCUT2D eigenvalue weighted by atomic mass is 32.1. The molecule has 13 heteroatoms. The third-order valence-corrected chi connectivity index (χ3v) is 4.96.